The zero-order chi connectivity index (χ0) is 19.1. The van der Waals surface area contributed by atoms with Crippen LogP contribution in [-0.2, 0) is 9.59 Å². The van der Waals surface area contributed by atoms with Crippen molar-refractivity contribution in [1.29, 1.82) is 0 Å². The summed E-state index contributed by atoms with van der Waals surface area (Å²) in [6.07, 6.45) is 13.3. The van der Waals surface area contributed by atoms with Gasteiger partial charge in [0.25, 0.3) is 0 Å². The molecule has 0 aliphatic carbocycles. The Morgan fingerprint density at radius 1 is 0.880 bits per heavy atom. The van der Waals surface area contributed by atoms with Crippen molar-refractivity contribution in [3.05, 3.63) is 0 Å². The molecule has 2 N–H and O–H groups in total. The van der Waals surface area contributed by atoms with Crippen molar-refractivity contribution in [2.75, 3.05) is 20.6 Å². The van der Waals surface area contributed by atoms with Crippen molar-refractivity contribution in [3.63, 3.8) is 0 Å². The number of carboxylic acids is 1. The van der Waals surface area contributed by atoms with Crippen molar-refractivity contribution >= 4 is 11.9 Å². The molecule has 1 atom stereocenters. The molecular formula is C20H41N2O3+. The number of carboxylic acid groups (broad SMARTS) is 1. The van der Waals surface area contributed by atoms with Gasteiger partial charge in [-0.05, 0) is 12.8 Å². The largest absolute Gasteiger partial charge is 0.477 e. The summed E-state index contributed by atoms with van der Waals surface area (Å²) in [5, 5.41) is 12.1. The second-order valence-electron chi connectivity index (χ2n) is 7.78. The highest BCUT2D eigenvalue weighted by Crippen LogP contribution is 2.13. The second-order valence-corrected chi connectivity index (χ2v) is 7.78. The van der Waals surface area contributed by atoms with Crippen LogP contribution in [0.25, 0.3) is 0 Å². The lowest BCUT2D eigenvalue weighted by Crippen LogP contribution is -2.59. The van der Waals surface area contributed by atoms with Crippen LogP contribution in [0.2, 0.25) is 0 Å². The van der Waals surface area contributed by atoms with E-state index in [0.29, 0.717) is 6.42 Å². The first-order chi connectivity index (χ1) is 11.8. The normalized spacial score (nSPS) is 12.8. The molecule has 5 nitrogen and oxygen atoms in total. The summed E-state index contributed by atoms with van der Waals surface area (Å²) in [6.45, 7) is 4.31. The molecular weight excluding hydrogens is 316 g/mol. The zero-order valence-corrected chi connectivity index (χ0v) is 17.0. The van der Waals surface area contributed by atoms with Gasteiger partial charge in [-0.1, -0.05) is 65.2 Å². The number of unbranched alkanes of at least 4 members (excludes halogenated alkanes) is 8. The fraction of sp³-hybridized carbons (Fsp3) is 0.900. The minimum atomic E-state index is -0.834. The molecule has 0 bridgehead atoms. The molecule has 0 aromatic carbocycles. The quantitative estimate of drug-likeness (QED) is 0.246. The summed E-state index contributed by atoms with van der Waals surface area (Å²) >= 11 is 0. The molecule has 0 saturated carbocycles. The number of carbonyl (C=O) groups is 2. The number of amides is 1. The molecule has 0 aromatic rings. The molecule has 5 heteroatoms. The van der Waals surface area contributed by atoms with Crippen LogP contribution in [0.5, 0.6) is 0 Å². The smallest absolute Gasteiger partial charge is 0.359 e. The van der Waals surface area contributed by atoms with Crippen molar-refractivity contribution in [3.8, 4) is 0 Å². The van der Waals surface area contributed by atoms with Gasteiger partial charge >= 0.3 is 5.97 Å². The Morgan fingerprint density at radius 2 is 1.40 bits per heavy atom. The van der Waals surface area contributed by atoms with Crippen LogP contribution in [0, 0.1) is 0 Å². The fourth-order valence-corrected chi connectivity index (χ4v) is 3.18. The summed E-state index contributed by atoms with van der Waals surface area (Å²) in [5.41, 5.74) is 0. The lowest BCUT2D eigenvalue weighted by molar-refractivity contribution is -0.910. The SMILES string of the molecule is CCCCCCCCCCCC(=O)NC(CCC)[N+](C)(C)CC(=O)O. The van der Waals surface area contributed by atoms with E-state index in [4.69, 9.17) is 5.11 Å². The minimum absolute atomic E-state index is 0.0168. The lowest BCUT2D eigenvalue weighted by Gasteiger charge is -2.36. The monoisotopic (exact) mass is 357 g/mol. The van der Waals surface area contributed by atoms with E-state index >= 15 is 0 Å². The van der Waals surface area contributed by atoms with Crippen molar-refractivity contribution in [2.45, 2.75) is 97.1 Å². The summed E-state index contributed by atoms with van der Waals surface area (Å²) in [4.78, 5) is 23.2. The number of quaternary nitrogens is 1. The summed E-state index contributed by atoms with van der Waals surface area (Å²) in [6, 6.07) is 0. The molecule has 0 aliphatic rings. The van der Waals surface area contributed by atoms with E-state index in [2.05, 4.69) is 19.2 Å². The lowest BCUT2D eigenvalue weighted by atomic mass is 10.1. The molecule has 0 aliphatic heterocycles. The highest BCUT2D eigenvalue weighted by molar-refractivity contribution is 5.76. The Hall–Kier alpha value is -1.10. The van der Waals surface area contributed by atoms with Gasteiger partial charge in [0.05, 0.1) is 14.1 Å². The number of aliphatic carboxylic acids is 1. The maximum absolute atomic E-state index is 12.2. The standard InChI is InChI=1S/C20H40N2O3/c1-5-7-8-9-10-11-12-13-14-16-19(23)21-18(15-6-2)22(3,4)17-20(24)25/h18H,5-17H2,1-4H3,(H-,21,23,24,25)/p+1. The Kier molecular flexibility index (Phi) is 13.5. The van der Waals surface area contributed by atoms with E-state index in [1.165, 1.54) is 44.9 Å². The average molecular weight is 358 g/mol. The molecule has 1 amide bonds. The maximum Gasteiger partial charge on any atom is 0.359 e. The Labute approximate surface area is 154 Å². The van der Waals surface area contributed by atoms with E-state index in [9.17, 15) is 9.59 Å². The summed E-state index contributed by atoms with van der Waals surface area (Å²) in [5.74, 6) is -0.780. The maximum atomic E-state index is 12.2. The van der Waals surface area contributed by atoms with Crippen LogP contribution in [-0.4, -0.2) is 48.3 Å². The van der Waals surface area contributed by atoms with Crippen molar-refractivity contribution in [2.24, 2.45) is 0 Å². The number of hydrogen-bond donors (Lipinski definition) is 2. The average Bonchev–Trinajstić information content (AvgIpc) is 2.51. The molecule has 0 rings (SSSR count). The van der Waals surface area contributed by atoms with Gasteiger partial charge in [-0.15, -0.1) is 0 Å². The minimum Gasteiger partial charge on any atom is -0.477 e. The molecule has 25 heavy (non-hydrogen) atoms. The molecule has 0 aromatic heterocycles. The van der Waals surface area contributed by atoms with Gasteiger partial charge in [0.2, 0.25) is 5.91 Å². The number of nitrogens with one attached hydrogen (secondary N) is 1. The molecule has 0 fully saturated rings. The van der Waals surface area contributed by atoms with Crippen LogP contribution in [0.3, 0.4) is 0 Å². The first-order valence-electron chi connectivity index (χ1n) is 10.2. The third kappa shape index (κ3) is 12.9. The topological polar surface area (TPSA) is 66.4 Å². The number of likely N-dealkylation sites (N-methyl/N-ethyl adjacent to an activating group) is 1. The first kappa shape index (κ1) is 23.9. The van der Waals surface area contributed by atoms with E-state index in [-0.39, 0.29) is 23.1 Å². The van der Waals surface area contributed by atoms with Crippen LogP contribution in [0.1, 0.15) is 90.9 Å². The highest BCUT2D eigenvalue weighted by atomic mass is 16.4. The Morgan fingerprint density at radius 3 is 1.88 bits per heavy atom. The van der Waals surface area contributed by atoms with Crippen molar-refractivity contribution < 1.29 is 19.2 Å². The second kappa shape index (κ2) is 14.1. The van der Waals surface area contributed by atoms with Gasteiger partial charge in [-0.25, -0.2) is 4.79 Å². The van der Waals surface area contributed by atoms with Gasteiger partial charge in [0.15, 0.2) is 12.7 Å². The molecule has 0 heterocycles. The van der Waals surface area contributed by atoms with E-state index < -0.39 is 5.97 Å². The van der Waals surface area contributed by atoms with Gasteiger partial charge in [0, 0.05) is 12.8 Å². The van der Waals surface area contributed by atoms with Crippen LogP contribution in [0.15, 0.2) is 0 Å². The third-order valence-corrected chi connectivity index (χ3v) is 4.78. The molecule has 0 saturated heterocycles. The van der Waals surface area contributed by atoms with E-state index in [1.807, 2.05) is 14.1 Å². The molecule has 1 unspecified atom stereocenters. The van der Waals surface area contributed by atoms with E-state index in [1.54, 1.807) is 0 Å². The van der Waals surface area contributed by atoms with Gasteiger partial charge in [-0.3, -0.25) is 9.28 Å². The van der Waals surface area contributed by atoms with E-state index in [0.717, 1.165) is 25.7 Å². The highest BCUT2D eigenvalue weighted by Gasteiger charge is 2.31. The Balaban J connectivity index is 3.98. The van der Waals surface area contributed by atoms with Gasteiger partial charge < -0.3 is 10.4 Å². The van der Waals surface area contributed by atoms with Crippen LogP contribution >= 0.6 is 0 Å². The predicted octanol–water partition coefficient (Wildman–Crippen LogP) is 4.31. The third-order valence-electron chi connectivity index (χ3n) is 4.78. The molecule has 148 valence electrons. The zero-order valence-electron chi connectivity index (χ0n) is 17.0. The number of hydrogen-bond acceptors (Lipinski definition) is 2. The molecule has 0 radical (unpaired) electrons. The predicted molar refractivity (Wildman–Crippen MR) is 103 cm³/mol. The molecule has 0 spiro atoms. The summed E-state index contributed by atoms with van der Waals surface area (Å²) in [7, 11) is 3.74. The first-order valence-corrected chi connectivity index (χ1v) is 10.2. The Bertz CT molecular complexity index is 370. The number of nitrogens with zero attached hydrogens (tertiary/aromatic N) is 1. The number of rotatable bonds is 16. The van der Waals surface area contributed by atoms with Crippen LogP contribution < -0.4 is 5.32 Å². The van der Waals surface area contributed by atoms with Crippen molar-refractivity contribution in [1.82, 2.24) is 5.32 Å². The number of carbonyl (C=O) groups excluding carboxylic acids is 1. The fourth-order valence-electron chi connectivity index (χ4n) is 3.18. The van der Waals surface area contributed by atoms with Crippen LogP contribution in [0.4, 0.5) is 0 Å². The van der Waals surface area contributed by atoms with Gasteiger partial charge in [0.1, 0.15) is 0 Å². The van der Waals surface area contributed by atoms with Gasteiger partial charge in [-0.2, -0.15) is 0 Å². The summed E-state index contributed by atoms with van der Waals surface area (Å²) < 4.78 is 0.284.